The lowest BCUT2D eigenvalue weighted by atomic mass is 9.99. The van der Waals surface area contributed by atoms with Crippen LogP contribution in [0, 0.1) is 0 Å². The Labute approximate surface area is 191 Å². The predicted octanol–water partition coefficient (Wildman–Crippen LogP) is 1.02. The maximum absolute atomic E-state index is 10.2. The molecule has 1 aromatic heterocycles. The van der Waals surface area contributed by atoms with E-state index in [-0.39, 0.29) is 5.75 Å². The van der Waals surface area contributed by atoms with E-state index in [4.69, 9.17) is 14.2 Å². The van der Waals surface area contributed by atoms with Crippen molar-refractivity contribution in [3.63, 3.8) is 0 Å². The number of aromatic nitrogens is 1. The molecule has 2 heterocycles. The summed E-state index contributed by atoms with van der Waals surface area (Å²) in [6.45, 7) is -0.530. The van der Waals surface area contributed by atoms with Crippen LogP contribution in [0.3, 0.4) is 0 Å². The summed E-state index contributed by atoms with van der Waals surface area (Å²) >= 11 is 0. The highest BCUT2D eigenvalue weighted by Gasteiger charge is 2.44. The lowest BCUT2D eigenvalue weighted by molar-refractivity contribution is -0.646. The van der Waals surface area contributed by atoms with Gasteiger partial charge in [-0.15, -0.1) is 0 Å². The number of methoxy groups -OCH3 is 1. The van der Waals surface area contributed by atoms with Gasteiger partial charge < -0.3 is 34.6 Å². The van der Waals surface area contributed by atoms with Gasteiger partial charge in [0.1, 0.15) is 31.5 Å². The highest BCUT2D eigenvalue weighted by molar-refractivity contribution is 5.77. The molecule has 2 aromatic carbocycles. The van der Waals surface area contributed by atoms with Crippen LogP contribution in [0.1, 0.15) is 11.3 Å². The van der Waals surface area contributed by atoms with Gasteiger partial charge >= 0.3 is 0 Å². The molecule has 174 valence electrons. The Morgan fingerprint density at radius 1 is 0.939 bits per heavy atom. The van der Waals surface area contributed by atoms with E-state index in [1.807, 2.05) is 43.5 Å². The van der Waals surface area contributed by atoms with E-state index in [1.54, 1.807) is 12.1 Å². The molecule has 4 N–H and O–H groups in total. The lowest BCUT2D eigenvalue weighted by Crippen LogP contribution is -2.60. The number of hydrogen-bond donors (Lipinski definition) is 4. The molecule has 0 amide bonds. The minimum atomic E-state index is -1.52. The van der Waals surface area contributed by atoms with Gasteiger partial charge in [-0.1, -0.05) is 18.2 Å². The van der Waals surface area contributed by atoms with Gasteiger partial charge in [0.2, 0.25) is 17.5 Å². The van der Waals surface area contributed by atoms with Gasteiger partial charge in [0, 0.05) is 23.6 Å². The van der Waals surface area contributed by atoms with Crippen molar-refractivity contribution in [3.05, 3.63) is 65.9 Å². The van der Waals surface area contributed by atoms with Crippen LogP contribution in [0.2, 0.25) is 0 Å². The maximum Gasteiger partial charge on any atom is 0.229 e. The first-order valence-corrected chi connectivity index (χ1v) is 10.6. The number of pyridine rings is 1. The van der Waals surface area contributed by atoms with Gasteiger partial charge in [-0.2, -0.15) is 4.57 Å². The summed E-state index contributed by atoms with van der Waals surface area (Å²) in [5.74, 6) is 0.687. The molecule has 1 fully saturated rings. The fourth-order valence-corrected chi connectivity index (χ4v) is 3.88. The Bertz CT molecular complexity index is 1150. The third-order valence-electron chi connectivity index (χ3n) is 5.84. The second-order valence-electron chi connectivity index (χ2n) is 7.93. The molecular formula is C25H28NO7+. The van der Waals surface area contributed by atoms with Crippen molar-refractivity contribution < 1.29 is 39.2 Å². The van der Waals surface area contributed by atoms with Crippen LogP contribution in [-0.4, -0.2) is 64.8 Å². The highest BCUT2D eigenvalue weighted by Crippen LogP contribution is 2.32. The molecule has 0 unspecified atom stereocenters. The predicted molar refractivity (Wildman–Crippen MR) is 121 cm³/mol. The van der Waals surface area contributed by atoms with Gasteiger partial charge in [-0.25, -0.2) is 0 Å². The molecule has 1 aliphatic heterocycles. The summed E-state index contributed by atoms with van der Waals surface area (Å²) < 4.78 is 18.7. The van der Waals surface area contributed by atoms with Crippen LogP contribution in [0.5, 0.6) is 11.5 Å². The maximum atomic E-state index is 10.2. The van der Waals surface area contributed by atoms with Crippen LogP contribution >= 0.6 is 0 Å². The van der Waals surface area contributed by atoms with Gasteiger partial charge in [-0.3, -0.25) is 0 Å². The second-order valence-corrected chi connectivity index (χ2v) is 7.93. The third-order valence-corrected chi connectivity index (χ3v) is 5.84. The van der Waals surface area contributed by atoms with Crippen molar-refractivity contribution in [1.82, 2.24) is 0 Å². The number of rotatable bonds is 6. The van der Waals surface area contributed by atoms with Crippen molar-refractivity contribution in [2.45, 2.75) is 30.7 Å². The van der Waals surface area contributed by atoms with E-state index in [9.17, 15) is 20.4 Å². The summed E-state index contributed by atoms with van der Waals surface area (Å²) in [7, 11) is 3.51. The van der Waals surface area contributed by atoms with Gasteiger partial charge in [0.05, 0.1) is 13.7 Å². The van der Waals surface area contributed by atoms with E-state index < -0.39 is 37.3 Å². The van der Waals surface area contributed by atoms with Gasteiger partial charge in [0.15, 0.2) is 11.5 Å². The molecule has 0 bridgehead atoms. The summed E-state index contributed by atoms with van der Waals surface area (Å²) in [5, 5.41) is 40.6. The van der Waals surface area contributed by atoms with Gasteiger partial charge in [-0.05, 0) is 35.9 Å². The van der Waals surface area contributed by atoms with Crippen molar-refractivity contribution in [2.75, 3.05) is 13.7 Å². The smallest absolute Gasteiger partial charge is 0.229 e. The molecule has 1 saturated heterocycles. The van der Waals surface area contributed by atoms with Crippen LogP contribution < -0.4 is 14.0 Å². The third kappa shape index (κ3) is 4.71. The minimum Gasteiger partial charge on any atom is -0.493 e. The Hall–Kier alpha value is -3.01. The molecule has 0 radical (unpaired) electrons. The first-order chi connectivity index (χ1) is 15.9. The number of benzene rings is 2. The van der Waals surface area contributed by atoms with Crippen molar-refractivity contribution in [1.29, 1.82) is 0 Å². The topological polar surface area (TPSA) is 112 Å². The van der Waals surface area contributed by atoms with Crippen molar-refractivity contribution in [3.8, 4) is 11.5 Å². The Kier molecular flexibility index (Phi) is 6.92. The number of fused-ring (bicyclic) bond motifs is 1. The molecule has 0 saturated carbocycles. The largest absolute Gasteiger partial charge is 0.493 e. The first kappa shape index (κ1) is 23.2. The van der Waals surface area contributed by atoms with E-state index >= 15 is 0 Å². The van der Waals surface area contributed by atoms with Crippen LogP contribution in [-0.2, 0) is 11.8 Å². The standard InChI is InChI=1S/C25H28NO7/c1-26-17(11-9-16-5-3-4-6-18(16)26)10-7-15-8-12-19(20(13-15)31-2)32-25-24(30)23(29)22(28)21(14-27)33-25/h3-13,21-25,27-30H,14H2,1-2H3/q+1/b10-7+/t21-,22+,23+,24-,25-/m1/s1. The van der Waals surface area contributed by atoms with Crippen molar-refractivity contribution in [2.24, 2.45) is 7.05 Å². The summed E-state index contributed by atoms with van der Waals surface area (Å²) in [6.07, 6.45) is -2.85. The zero-order valence-corrected chi connectivity index (χ0v) is 18.4. The Morgan fingerprint density at radius 3 is 2.48 bits per heavy atom. The summed E-state index contributed by atoms with van der Waals surface area (Å²) in [4.78, 5) is 0. The number of para-hydroxylation sites is 1. The SMILES string of the molecule is COc1cc(/C=C/c2ccc3ccccc3[n+]2C)ccc1O[C@@H]1O[C@H](CO)[C@H](O)[C@H](O)[C@H]1O. The number of aliphatic hydroxyl groups is 4. The lowest BCUT2D eigenvalue weighted by Gasteiger charge is -2.39. The molecule has 33 heavy (non-hydrogen) atoms. The second kappa shape index (κ2) is 9.86. The quantitative estimate of drug-likeness (QED) is 0.412. The summed E-state index contributed by atoms with van der Waals surface area (Å²) in [5.41, 5.74) is 3.01. The molecule has 8 heteroatoms. The van der Waals surface area contributed by atoms with E-state index in [0.717, 1.165) is 22.2 Å². The van der Waals surface area contributed by atoms with E-state index in [0.29, 0.717) is 5.75 Å². The van der Waals surface area contributed by atoms with Crippen molar-refractivity contribution >= 4 is 23.1 Å². The molecule has 8 nitrogen and oxygen atoms in total. The van der Waals surface area contributed by atoms with Crippen LogP contribution in [0.15, 0.2) is 54.6 Å². The molecule has 0 spiro atoms. The zero-order chi connectivity index (χ0) is 23.5. The molecule has 4 rings (SSSR count). The van der Waals surface area contributed by atoms with Crippen LogP contribution in [0.25, 0.3) is 23.1 Å². The Morgan fingerprint density at radius 2 is 1.73 bits per heavy atom. The molecular weight excluding hydrogens is 426 g/mol. The molecule has 3 aromatic rings. The fourth-order valence-electron chi connectivity index (χ4n) is 3.88. The van der Waals surface area contributed by atoms with Crippen LogP contribution in [0.4, 0.5) is 0 Å². The Balaban J connectivity index is 1.54. The first-order valence-electron chi connectivity index (χ1n) is 10.6. The molecule has 0 aliphatic carbocycles. The molecule has 1 aliphatic rings. The summed E-state index contributed by atoms with van der Waals surface area (Å²) in [6, 6.07) is 17.5. The number of ether oxygens (including phenoxy) is 3. The number of hydrogen-bond acceptors (Lipinski definition) is 7. The fraction of sp³-hybridized carbons (Fsp3) is 0.320. The molecule has 5 atom stereocenters. The van der Waals surface area contributed by atoms with E-state index in [2.05, 4.69) is 22.8 Å². The van der Waals surface area contributed by atoms with Gasteiger partial charge in [0.25, 0.3) is 0 Å². The van der Waals surface area contributed by atoms with E-state index in [1.165, 1.54) is 7.11 Å². The number of nitrogens with zero attached hydrogens (tertiary/aromatic N) is 1. The normalized spacial score (nSPS) is 25.5. The number of aliphatic hydroxyl groups excluding tert-OH is 4. The average molecular weight is 454 g/mol. The average Bonchev–Trinajstić information content (AvgIpc) is 2.84. The minimum absolute atomic E-state index is 0.287. The highest BCUT2D eigenvalue weighted by atomic mass is 16.7. The monoisotopic (exact) mass is 454 g/mol. The number of aryl methyl sites for hydroxylation is 1. The zero-order valence-electron chi connectivity index (χ0n) is 18.4.